The van der Waals surface area contributed by atoms with Crippen LogP contribution in [0.25, 0.3) is 0 Å². The molecule has 2 aliphatic heterocycles. The number of cyclic esters (lactones) is 1. The van der Waals surface area contributed by atoms with E-state index in [2.05, 4.69) is 74.5 Å². The second kappa shape index (κ2) is 21.1. The lowest BCUT2D eigenvalue weighted by Gasteiger charge is -2.36. The molecule has 0 radical (unpaired) electrons. The third kappa shape index (κ3) is 12.7. The van der Waals surface area contributed by atoms with Crippen LogP contribution < -0.4 is 0 Å². The molecule has 0 aromatic rings. The third-order valence-corrected chi connectivity index (χ3v) is 21.8. The fourth-order valence-corrected chi connectivity index (χ4v) is 13.7. The molecule has 51 heavy (non-hydrogen) atoms. The molecule has 0 saturated carbocycles. The number of ether oxygens (including phenoxy) is 3. The highest BCUT2D eigenvalue weighted by Gasteiger charge is 2.53. The van der Waals surface area contributed by atoms with E-state index < -0.39 is 34.4 Å². The van der Waals surface area contributed by atoms with Crippen LogP contribution in [0.3, 0.4) is 0 Å². The SMILES string of the molecule is CCC(OC)C(C)C1OC1C(O[Si](CC)(CC)CC)C(C)/C=C/C=C(\C)C1OC(=O)CC(O[Si](CC)(CC)CC)CC[C@@](C)(O)[C@@H](O)/C=C/C1C. The van der Waals surface area contributed by atoms with Crippen molar-refractivity contribution in [2.45, 2.75) is 193 Å². The molecule has 11 atom stereocenters. The Kier molecular flexibility index (Phi) is 19.0. The van der Waals surface area contributed by atoms with Crippen LogP contribution >= 0.6 is 0 Å². The summed E-state index contributed by atoms with van der Waals surface area (Å²) in [7, 11) is -2.17. The summed E-state index contributed by atoms with van der Waals surface area (Å²) in [5, 5.41) is 22.2. The van der Waals surface area contributed by atoms with E-state index in [9.17, 15) is 15.0 Å². The lowest BCUT2D eigenvalue weighted by atomic mass is 9.89. The van der Waals surface area contributed by atoms with Gasteiger partial charge in [-0.3, -0.25) is 4.79 Å². The molecular formula is C41H76O8Si2. The number of methoxy groups -OCH3 is 1. The van der Waals surface area contributed by atoms with Gasteiger partial charge in [-0.25, -0.2) is 0 Å². The van der Waals surface area contributed by atoms with Crippen LogP contribution in [0.4, 0.5) is 0 Å². The second-order valence-corrected chi connectivity index (χ2v) is 25.2. The predicted molar refractivity (Wildman–Crippen MR) is 214 cm³/mol. The molecule has 2 N–H and O–H groups in total. The van der Waals surface area contributed by atoms with Gasteiger partial charge < -0.3 is 33.3 Å². The number of allylic oxidation sites excluding steroid dienone is 2. The molecule has 1 saturated heterocycles. The maximum Gasteiger partial charge on any atom is 0.308 e. The average molecular weight is 753 g/mol. The molecule has 10 heteroatoms. The molecule has 2 rings (SSSR count). The van der Waals surface area contributed by atoms with E-state index in [1.54, 1.807) is 20.1 Å². The fourth-order valence-electron chi connectivity index (χ4n) is 7.87. The third-order valence-electron chi connectivity index (χ3n) is 12.4. The van der Waals surface area contributed by atoms with Crippen molar-refractivity contribution in [2.75, 3.05) is 7.11 Å². The minimum Gasteiger partial charge on any atom is -0.457 e. The highest BCUT2D eigenvalue weighted by Crippen LogP contribution is 2.41. The molecule has 9 unspecified atom stereocenters. The number of aliphatic hydroxyl groups is 2. The standard InChI is InChI=1S/C41H76O8Si2/c1-14-34(45-13)32(11)39-40(47-39)38(49-51(18-5,19-6)20-7)30(9)23-21-22-29(8)37-31(10)24-25-35(42)41(12,44)27-26-33(28-36(43)46-37)48-50(15-2,16-3)17-4/h21-25,30-35,37-40,42,44H,14-20,26-28H2,1-13H3/b23-21+,25-24+,29-22+/t30?,31?,32?,33?,34?,35-,37?,38?,39?,40?,41+/m0/s1. The van der Waals surface area contributed by atoms with Gasteiger partial charge in [-0.1, -0.05) is 99.6 Å². The summed E-state index contributed by atoms with van der Waals surface area (Å²) in [6.07, 6.45) is 9.88. The Labute approximate surface area is 314 Å². The largest absolute Gasteiger partial charge is 0.457 e. The number of epoxide rings is 1. The number of carbonyl (C=O) groups is 1. The molecule has 2 heterocycles. The summed E-state index contributed by atoms with van der Waals surface area (Å²) in [5.74, 6) is -0.158. The zero-order valence-electron chi connectivity index (χ0n) is 34.6. The Morgan fingerprint density at radius 1 is 1.00 bits per heavy atom. The summed E-state index contributed by atoms with van der Waals surface area (Å²) in [6.45, 7) is 25.5. The first-order chi connectivity index (χ1) is 24.0. The maximum absolute atomic E-state index is 13.6. The highest BCUT2D eigenvalue weighted by atomic mass is 28.4. The zero-order chi connectivity index (χ0) is 38.6. The van der Waals surface area contributed by atoms with Crippen LogP contribution in [0.15, 0.2) is 36.0 Å². The predicted octanol–water partition coefficient (Wildman–Crippen LogP) is 9.13. The Hall–Kier alpha value is -1.12. The van der Waals surface area contributed by atoms with Crippen molar-refractivity contribution in [1.29, 1.82) is 0 Å². The van der Waals surface area contributed by atoms with Crippen molar-refractivity contribution in [3.05, 3.63) is 36.0 Å². The summed E-state index contributed by atoms with van der Waals surface area (Å²) in [5.41, 5.74) is -0.444. The van der Waals surface area contributed by atoms with Gasteiger partial charge >= 0.3 is 5.97 Å². The van der Waals surface area contributed by atoms with Gasteiger partial charge in [-0.2, -0.15) is 0 Å². The normalized spacial score (nSPS) is 31.7. The van der Waals surface area contributed by atoms with Gasteiger partial charge in [-0.05, 0) is 74.9 Å². The van der Waals surface area contributed by atoms with Crippen LogP contribution in [0.5, 0.6) is 0 Å². The summed E-state index contributed by atoms with van der Waals surface area (Å²) >= 11 is 0. The van der Waals surface area contributed by atoms with Crippen LogP contribution in [-0.4, -0.2) is 88.3 Å². The van der Waals surface area contributed by atoms with Gasteiger partial charge in [0, 0.05) is 24.9 Å². The Bertz CT molecular complexity index is 1110. The van der Waals surface area contributed by atoms with Gasteiger partial charge in [-0.15, -0.1) is 0 Å². The average Bonchev–Trinajstić information content (AvgIpc) is 3.92. The van der Waals surface area contributed by atoms with E-state index in [1.165, 1.54) is 0 Å². The minimum atomic E-state index is -2.03. The van der Waals surface area contributed by atoms with E-state index in [4.69, 9.17) is 23.1 Å². The molecule has 0 bridgehead atoms. The fraction of sp³-hybridized carbons (Fsp3) is 0.829. The topological polar surface area (TPSA) is 107 Å². The van der Waals surface area contributed by atoms with Gasteiger partial charge in [0.25, 0.3) is 0 Å². The van der Waals surface area contributed by atoms with Crippen LogP contribution in [-0.2, 0) is 27.9 Å². The van der Waals surface area contributed by atoms with Gasteiger partial charge in [0.05, 0.1) is 36.4 Å². The minimum absolute atomic E-state index is 0.0246. The van der Waals surface area contributed by atoms with Crippen molar-refractivity contribution < 1.29 is 38.1 Å². The Morgan fingerprint density at radius 3 is 2.12 bits per heavy atom. The molecule has 8 nitrogen and oxygen atoms in total. The lowest BCUT2D eigenvalue weighted by molar-refractivity contribution is -0.151. The Balaban J connectivity index is 2.39. The molecule has 0 aromatic heterocycles. The smallest absolute Gasteiger partial charge is 0.308 e. The molecule has 2 aliphatic rings. The monoisotopic (exact) mass is 753 g/mol. The van der Waals surface area contributed by atoms with E-state index in [-0.39, 0.29) is 60.7 Å². The summed E-state index contributed by atoms with van der Waals surface area (Å²) < 4.78 is 32.3. The molecule has 1 fully saturated rings. The van der Waals surface area contributed by atoms with E-state index >= 15 is 0 Å². The van der Waals surface area contributed by atoms with Crippen LogP contribution in [0.1, 0.15) is 109 Å². The van der Waals surface area contributed by atoms with E-state index in [0.29, 0.717) is 12.8 Å². The number of carbonyl (C=O) groups excluding carboxylic acids is 1. The maximum atomic E-state index is 13.6. The van der Waals surface area contributed by atoms with Crippen molar-refractivity contribution in [3.8, 4) is 0 Å². The van der Waals surface area contributed by atoms with Crippen molar-refractivity contribution >= 4 is 22.6 Å². The highest BCUT2D eigenvalue weighted by molar-refractivity contribution is 6.74. The van der Waals surface area contributed by atoms with Crippen LogP contribution in [0, 0.1) is 17.8 Å². The molecular weight excluding hydrogens is 677 g/mol. The first-order valence-electron chi connectivity index (χ1n) is 20.2. The number of hydrogen-bond donors (Lipinski definition) is 2. The quantitative estimate of drug-likeness (QED) is 0.0443. The van der Waals surface area contributed by atoms with E-state index in [1.807, 2.05) is 26.0 Å². The van der Waals surface area contributed by atoms with Gasteiger partial charge in [0.1, 0.15) is 18.3 Å². The van der Waals surface area contributed by atoms with Crippen LogP contribution in [0.2, 0.25) is 36.3 Å². The first-order valence-corrected chi connectivity index (χ1v) is 25.3. The molecule has 0 aliphatic carbocycles. The molecule has 0 aromatic carbocycles. The summed E-state index contributed by atoms with van der Waals surface area (Å²) in [4.78, 5) is 13.6. The number of aliphatic hydroxyl groups excluding tert-OH is 1. The second-order valence-electron chi connectivity index (χ2n) is 15.8. The molecule has 296 valence electrons. The number of esters is 1. The van der Waals surface area contributed by atoms with Gasteiger partial charge in [0.15, 0.2) is 16.6 Å². The Morgan fingerprint density at radius 2 is 1.59 bits per heavy atom. The zero-order valence-corrected chi connectivity index (χ0v) is 36.6. The van der Waals surface area contributed by atoms with E-state index in [0.717, 1.165) is 48.3 Å². The molecule has 0 amide bonds. The van der Waals surface area contributed by atoms with Crippen molar-refractivity contribution in [1.82, 2.24) is 0 Å². The number of hydrogen-bond acceptors (Lipinski definition) is 8. The van der Waals surface area contributed by atoms with Crippen molar-refractivity contribution in [2.24, 2.45) is 17.8 Å². The first kappa shape index (κ1) is 46.0. The van der Waals surface area contributed by atoms with Gasteiger partial charge in [0.2, 0.25) is 0 Å². The lowest BCUT2D eigenvalue weighted by Crippen LogP contribution is -2.45. The molecule has 0 spiro atoms. The van der Waals surface area contributed by atoms with Crippen molar-refractivity contribution in [3.63, 3.8) is 0 Å². The number of rotatable bonds is 19. The summed E-state index contributed by atoms with van der Waals surface area (Å²) in [6, 6.07) is 6.10.